The average molecular weight is 474 g/mol. The molecule has 5 rings (SSSR count). The van der Waals surface area contributed by atoms with E-state index in [4.69, 9.17) is 4.98 Å². The van der Waals surface area contributed by atoms with Crippen LogP contribution in [0.25, 0.3) is 21.8 Å². The zero-order valence-electron chi connectivity index (χ0n) is 20.6. The smallest absolute Gasteiger partial charge is 0.225 e. The van der Waals surface area contributed by atoms with Gasteiger partial charge in [0.15, 0.2) is 0 Å². The third kappa shape index (κ3) is 5.80. The van der Waals surface area contributed by atoms with Gasteiger partial charge in [0.2, 0.25) is 11.8 Å². The van der Waals surface area contributed by atoms with E-state index in [1.165, 1.54) is 25.7 Å². The van der Waals surface area contributed by atoms with Gasteiger partial charge in [-0.15, -0.1) is 0 Å². The van der Waals surface area contributed by atoms with E-state index >= 15 is 0 Å². The fourth-order valence-corrected chi connectivity index (χ4v) is 5.29. The molecule has 2 fully saturated rings. The number of anilines is 2. The van der Waals surface area contributed by atoms with Crippen molar-refractivity contribution in [2.45, 2.75) is 45.4 Å². The number of rotatable bonds is 8. The number of benzene rings is 2. The summed E-state index contributed by atoms with van der Waals surface area (Å²) in [7, 11) is 0. The maximum absolute atomic E-state index is 12.5. The quantitative estimate of drug-likeness (QED) is 0.470. The average Bonchev–Trinajstić information content (AvgIpc) is 3.56. The highest BCUT2D eigenvalue weighted by atomic mass is 16.2. The lowest BCUT2D eigenvalue weighted by Crippen LogP contribution is -2.25. The number of pyridine rings is 1. The maximum Gasteiger partial charge on any atom is 0.225 e. The van der Waals surface area contributed by atoms with E-state index in [-0.39, 0.29) is 11.8 Å². The molecule has 3 heterocycles. The summed E-state index contributed by atoms with van der Waals surface area (Å²) < 4.78 is 0. The Morgan fingerprint density at radius 1 is 0.743 bits per heavy atom. The number of carbonyl (C=O) groups excluding carboxylic acids is 2. The first kappa shape index (κ1) is 23.7. The number of nitrogens with one attached hydrogen (secondary N) is 2. The van der Waals surface area contributed by atoms with Crippen LogP contribution in [0.3, 0.4) is 0 Å². The number of amides is 2. The highest BCUT2D eigenvalue weighted by Crippen LogP contribution is 2.29. The fraction of sp³-hybridized carbons (Fsp3) is 0.464. The summed E-state index contributed by atoms with van der Waals surface area (Å²) in [5.41, 5.74) is 4.35. The SMILES string of the molecule is Cc1c2ccc(NC(=O)CCN3CCCC3)cc2nc2cc(NC(=O)CCN3CCCC3)ccc12. The Hall–Kier alpha value is -3.03. The van der Waals surface area contributed by atoms with Gasteiger partial charge in [0.1, 0.15) is 0 Å². The van der Waals surface area contributed by atoms with E-state index in [1.807, 2.05) is 36.4 Å². The third-order valence-electron chi connectivity index (χ3n) is 7.32. The highest BCUT2D eigenvalue weighted by Gasteiger charge is 2.15. The number of hydrogen-bond acceptors (Lipinski definition) is 5. The molecule has 0 aliphatic carbocycles. The van der Waals surface area contributed by atoms with E-state index in [0.717, 1.165) is 78.0 Å². The van der Waals surface area contributed by atoms with Gasteiger partial charge in [-0.3, -0.25) is 9.59 Å². The van der Waals surface area contributed by atoms with Crippen molar-refractivity contribution in [3.8, 4) is 0 Å². The van der Waals surface area contributed by atoms with Gasteiger partial charge in [0.25, 0.3) is 0 Å². The van der Waals surface area contributed by atoms with Crippen molar-refractivity contribution in [2.75, 3.05) is 49.9 Å². The van der Waals surface area contributed by atoms with Crippen molar-refractivity contribution in [2.24, 2.45) is 0 Å². The molecule has 2 N–H and O–H groups in total. The van der Waals surface area contributed by atoms with E-state index in [0.29, 0.717) is 12.8 Å². The van der Waals surface area contributed by atoms with Crippen LogP contribution < -0.4 is 10.6 Å². The van der Waals surface area contributed by atoms with Crippen LogP contribution in [0.2, 0.25) is 0 Å². The minimum atomic E-state index is 0.0349. The van der Waals surface area contributed by atoms with Crippen LogP contribution in [0.5, 0.6) is 0 Å². The molecule has 7 nitrogen and oxygen atoms in total. The monoisotopic (exact) mass is 473 g/mol. The molecule has 2 aromatic carbocycles. The molecule has 0 unspecified atom stereocenters. The molecule has 35 heavy (non-hydrogen) atoms. The molecule has 1 aromatic heterocycles. The number of aromatic nitrogens is 1. The maximum atomic E-state index is 12.5. The number of nitrogens with zero attached hydrogens (tertiary/aromatic N) is 3. The molecular formula is C28H35N5O2. The Morgan fingerprint density at radius 3 is 1.60 bits per heavy atom. The molecule has 2 aliphatic heterocycles. The number of aryl methyl sites for hydroxylation is 1. The number of carbonyl (C=O) groups is 2. The molecule has 0 radical (unpaired) electrons. The number of hydrogen-bond donors (Lipinski definition) is 2. The van der Waals surface area contributed by atoms with E-state index < -0.39 is 0 Å². The first-order valence-electron chi connectivity index (χ1n) is 12.9. The Kier molecular flexibility index (Phi) is 7.25. The topological polar surface area (TPSA) is 77.6 Å². The van der Waals surface area contributed by atoms with Crippen LogP contribution >= 0.6 is 0 Å². The van der Waals surface area contributed by atoms with Gasteiger partial charge in [-0.2, -0.15) is 0 Å². The molecule has 2 aliphatic rings. The van der Waals surface area contributed by atoms with E-state index in [9.17, 15) is 9.59 Å². The molecule has 2 saturated heterocycles. The van der Waals surface area contributed by atoms with E-state index in [1.54, 1.807) is 0 Å². The second-order valence-electron chi connectivity index (χ2n) is 9.89. The lowest BCUT2D eigenvalue weighted by molar-refractivity contribution is -0.117. The lowest BCUT2D eigenvalue weighted by atomic mass is 10.0. The minimum absolute atomic E-state index is 0.0349. The van der Waals surface area contributed by atoms with Crippen molar-refractivity contribution in [3.05, 3.63) is 42.0 Å². The Morgan fingerprint density at radius 2 is 1.17 bits per heavy atom. The van der Waals surface area contributed by atoms with Gasteiger partial charge in [-0.1, -0.05) is 12.1 Å². The summed E-state index contributed by atoms with van der Waals surface area (Å²) in [5, 5.41) is 8.20. The normalized spacial score (nSPS) is 16.8. The van der Waals surface area contributed by atoms with Crippen molar-refractivity contribution in [1.29, 1.82) is 0 Å². The zero-order chi connectivity index (χ0) is 24.2. The Labute approximate surface area is 206 Å². The second kappa shape index (κ2) is 10.7. The van der Waals surface area contributed by atoms with Crippen LogP contribution in [0, 0.1) is 6.92 Å². The van der Waals surface area contributed by atoms with Crippen LogP contribution in [-0.4, -0.2) is 65.9 Å². The number of likely N-dealkylation sites (tertiary alicyclic amines) is 2. The first-order valence-corrected chi connectivity index (χ1v) is 12.9. The molecule has 0 spiro atoms. The van der Waals surface area contributed by atoms with Gasteiger partial charge in [-0.25, -0.2) is 4.98 Å². The lowest BCUT2D eigenvalue weighted by Gasteiger charge is -2.15. The number of fused-ring (bicyclic) bond motifs is 2. The molecule has 0 bridgehead atoms. The Bertz CT molecular complexity index is 1140. The van der Waals surface area contributed by atoms with Gasteiger partial charge in [-0.05, 0) is 88.6 Å². The Balaban J connectivity index is 1.28. The highest BCUT2D eigenvalue weighted by molar-refractivity contribution is 6.01. The molecule has 3 aromatic rings. The summed E-state index contributed by atoms with van der Waals surface area (Å²) in [4.78, 5) is 34.5. The molecular weight excluding hydrogens is 438 g/mol. The minimum Gasteiger partial charge on any atom is -0.326 e. The molecule has 0 saturated carbocycles. The zero-order valence-corrected chi connectivity index (χ0v) is 20.6. The molecule has 7 heteroatoms. The van der Waals surface area contributed by atoms with Crippen molar-refractivity contribution in [3.63, 3.8) is 0 Å². The summed E-state index contributed by atoms with van der Waals surface area (Å²) in [6, 6.07) is 11.8. The fourth-order valence-electron chi connectivity index (χ4n) is 5.29. The van der Waals surface area contributed by atoms with E-state index in [2.05, 4.69) is 27.4 Å². The predicted molar refractivity (Wildman–Crippen MR) is 142 cm³/mol. The molecule has 184 valence electrons. The van der Waals surface area contributed by atoms with Crippen molar-refractivity contribution >= 4 is 45.0 Å². The largest absolute Gasteiger partial charge is 0.326 e. The summed E-state index contributed by atoms with van der Waals surface area (Å²) in [5.74, 6) is 0.0698. The summed E-state index contributed by atoms with van der Waals surface area (Å²) in [6.07, 6.45) is 5.93. The van der Waals surface area contributed by atoms with Crippen LogP contribution in [-0.2, 0) is 9.59 Å². The second-order valence-corrected chi connectivity index (χ2v) is 9.89. The van der Waals surface area contributed by atoms with Crippen LogP contribution in [0.15, 0.2) is 36.4 Å². The van der Waals surface area contributed by atoms with Crippen molar-refractivity contribution in [1.82, 2.24) is 14.8 Å². The third-order valence-corrected chi connectivity index (χ3v) is 7.32. The molecule has 0 atom stereocenters. The van der Waals surface area contributed by atoms with Crippen LogP contribution in [0.4, 0.5) is 11.4 Å². The van der Waals surface area contributed by atoms with Gasteiger partial charge < -0.3 is 20.4 Å². The van der Waals surface area contributed by atoms with Gasteiger partial charge in [0.05, 0.1) is 11.0 Å². The molecule has 2 amide bonds. The van der Waals surface area contributed by atoms with Crippen LogP contribution in [0.1, 0.15) is 44.1 Å². The first-order chi connectivity index (χ1) is 17.0. The summed E-state index contributed by atoms with van der Waals surface area (Å²) >= 11 is 0. The van der Waals surface area contributed by atoms with Crippen molar-refractivity contribution < 1.29 is 9.59 Å². The summed E-state index contributed by atoms with van der Waals surface area (Å²) in [6.45, 7) is 8.11. The predicted octanol–water partition coefficient (Wildman–Crippen LogP) is 4.55. The standard InChI is InChI=1S/C28H35N5O2/c1-20-23-8-6-21(29-27(34)10-16-32-12-2-3-13-32)18-25(23)31-26-19-22(7-9-24(20)26)30-28(35)11-17-33-14-4-5-15-33/h6-9,18-19H,2-5,10-17H2,1H3,(H,29,34)(H,30,35). The van der Waals surface area contributed by atoms with Gasteiger partial charge >= 0.3 is 0 Å². The van der Waals surface area contributed by atoms with Gasteiger partial charge in [0, 0.05) is 48.1 Å².